The molecule has 4 N–H and O–H groups in total. The first-order valence-corrected chi connectivity index (χ1v) is 13.7. The van der Waals surface area contributed by atoms with E-state index in [1.807, 2.05) is 0 Å². The molecule has 3 unspecified atom stereocenters. The number of aliphatic hydroxyl groups excluding tert-OH is 3. The van der Waals surface area contributed by atoms with Gasteiger partial charge in [-0.3, -0.25) is 0 Å². The third-order valence-corrected chi connectivity index (χ3v) is 11.4. The summed E-state index contributed by atoms with van der Waals surface area (Å²) in [5, 5.41) is 39.8. The topological polar surface area (TPSA) is 116 Å². The van der Waals surface area contributed by atoms with Gasteiger partial charge in [0, 0.05) is 0 Å². The van der Waals surface area contributed by atoms with E-state index in [0.29, 0.717) is 16.7 Å². The van der Waals surface area contributed by atoms with Crippen LogP contribution in [-0.4, -0.2) is 63.2 Å². The van der Waals surface area contributed by atoms with Crippen LogP contribution in [-0.2, 0) is 14.3 Å². The van der Waals surface area contributed by atoms with Crippen molar-refractivity contribution in [2.24, 2.45) is 40.4 Å². The van der Waals surface area contributed by atoms with Crippen LogP contribution in [0.3, 0.4) is 0 Å². The largest absolute Gasteiger partial charge is 0.479 e. The molecule has 1 saturated heterocycles. The van der Waals surface area contributed by atoms with E-state index in [9.17, 15) is 25.2 Å². The second-order valence-electron chi connectivity index (χ2n) is 12.7. The molecule has 0 bridgehead atoms. The minimum atomic E-state index is -1.68. The van der Waals surface area contributed by atoms with Gasteiger partial charge in [0.2, 0.25) is 0 Å². The van der Waals surface area contributed by atoms with Crippen LogP contribution in [0.5, 0.6) is 0 Å². The Kier molecular flexibility index (Phi) is 6.59. The van der Waals surface area contributed by atoms with E-state index in [4.69, 9.17) is 9.47 Å². The minimum absolute atomic E-state index is 0.143. The van der Waals surface area contributed by atoms with Gasteiger partial charge in [0.25, 0.3) is 0 Å². The predicted octanol–water partition coefficient (Wildman–Crippen LogP) is 3.33. The van der Waals surface area contributed by atoms with Crippen LogP contribution in [0.4, 0.5) is 0 Å². The Morgan fingerprint density at radius 3 is 2.32 bits per heavy atom. The zero-order valence-electron chi connectivity index (χ0n) is 20.9. The zero-order chi connectivity index (χ0) is 24.4. The van der Waals surface area contributed by atoms with Gasteiger partial charge in [-0.15, -0.1) is 0 Å². The van der Waals surface area contributed by atoms with Crippen molar-refractivity contribution in [2.75, 3.05) is 0 Å². The lowest BCUT2D eigenvalue weighted by molar-refractivity contribution is -0.309. The van der Waals surface area contributed by atoms with Crippen molar-refractivity contribution < 1.29 is 34.7 Å². The van der Waals surface area contributed by atoms with Crippen LogP contribution in [0, 0.1) is 40.4 Å². The lowest BCUT2D eigenvalue weighted by Gasteiger charge is -2.61. The molecule has 5 aliphatic rings. The number of hydrogen-bond donors (Lipinski definition) is 4. The Balaban J connectivity index is 1.26. The number of carboxylic acid groups (broad SMARTS) is 1. The molecule has 0 aromatic heterocycles. The number of rotatable bonds is 4. The van der Waals surface area contributed by atoms with E-state index < -0.39 is 36.7 Å². The van der Waals surface area contributed by atoms with Gasteiger partial charge >= 0.3 is 5.97 Å². The van der Waals surface area contributed by atoms with E-state index in [-0.39, 0.29) is 6.10 Å². The SMILES string of the molecule is CC[C@H]1CC[C@H]2[C@@H]3CCC4CC(OC5O[C@H](C(=O)O)[C@@H](O)[C@H](O)[C@H]5O)CC[C@]4(C)[C@H]3CC[C@]12C. The third-order valence-electron chi connectivity index (χ3n) is 11.4. The minimum Gasteiger partial charge on any atom is -0.479 e. The van der Waals surface area contributed by atoms with Gasteiger partial charge in [-0.05, 0) is 98.2 Å². The van der Waals surface area contributed by atoms with E-state index in [2.05, 4.69) is 20.8 Å². The van der Waals surface area contributed by atoms with E-state index in [0.717, 1.165) is 42.9 Å². The summed E-state index contributed by atoms with van der Waals surface area (Å²) in [5.74, 6) is 2.54. The molecule has 4 saturated carbocycles. The average molecular weight is 481 g/mol. The summed E-state index contributed by atoms with van der Waals surface area (Å²) < 4.78 is 11.5. The monoisotopic (exact) mass is 480 g/mol. The van der Waals surface area contributed by atoms with Crippen molar-refractivity contribution in [2.45, 2.75) is 122 Å². The number of hydrogen-bond acceptors (Lipinski definition) is 6. The summed E-state index contributed by atoms with van der Waals surface area (Å²) >= 11 is 0. The zero-order valence-corrected chi connectivity index (χ0v) is 20.9. The summed E-state index contributed by atoms with van der Waals surface area (Å²) in [4.78, 5) is 11.4. The lowest BCUT2D eigenvalue weighted by Crippen LogP contribution is -2.61. The molecule has 0 aromatic carbocycles. The highest BCUT2D eigenvalue weighted by Crippen LogP contribution is 2.67. The van der Waals surface area contributed by atoms with Gasteiger partial charge in [-0.25, -0.2) is 4.79 Å². The molecule has 7 heteroatoms. The highest BCUT2D eigenvalue weighted by atomic mass is 16.7. The summed E-state index contributed by atoms with van der Waals surface area (Å²) in [6.07, 6.45) is 4.33. The molecular weight excluding hydrogens is 436 g/mol. The first-order chi connectivity index (χ1) is 16.1. The second kappa shape index (κ2) is 8.98. The molecular formula is C27H44O7. The molecule has 0 spiro atoms. The highest BCUT2D eigenvalue weighted by molar-refractivity contribution is 5.73. The normalized spacial score (nSPS) is 55.2. The molecule has 1 aliphatic heterocycles. The second-order valence-corrected chi connectivity index (χ2v) is 12.7. The average Bonchev–Trinajstić information content (AvgIpc) is 3.15. The van der Waals surface area contributed by atoms with Gasteiger partial charge in [0.15, 0.2) is 12.4 Å². The Morgan fingerprint density at radius 2 is 1.62 bits per heavy atom. The van der Waals surface area contributed by atoms with Crippen molar-refractivity contribution in [1.29, 1.82) is 0 Å². The smallest absolute Gasteiger partial charge is 0.335 e. The van der Waals surface area contributed by atoms with Gasteiger partial charge in [-0.1, -0.05) is 27.2 Å². The van der Waals surface area contributed by atoms with Gasteiger partial charge in [0.05, 0.1) is 6.10 Å². The van der Waals surface area contributed by atoms with Crippen LogP contribution >= 0.6 is 0 Å². The maximum atomic E-state index is 11.4. The van der Waals surface area contributed by atoms with Gasteiger partial charge in [-0.2, -0.15) is 0 Å². The van der Waals surface area contributed by atoms with Crippen LogP contribution in [0.15, 0.2) is 0 Å². The lowest BCUT2D eigenvalue weighted by atomic mass is 9.44. The molecule has 5 rings (SSSR count). The van der Waals surface area contributed by atoms with E-state index in [1.54, 1.807) is 0 Å². The van der Waals surface area contributed by atoms with Crippen LogP contribution in [0.1, 0.15) is 85.0 Å². The van der Waals surface area contributed by atoms with E-state index in [1.165, 1.54) is 44.9 Å². The Hall–Kier alpha value is -0.730. The summed E-state index contributed by atoms with van der Waals surface area (Å²) in [7, 11) is 0. The van der Waals surface area contributed by atoms with Crippen molar-refractivity contribution >= 4 is 5.97 Å². The number of ether oxygens (including phenoxy) is 2. The maximum absolute atomic E-state index is 11.4. The quantitative estimate of drug-likeness (QED) is 0.456. The number of carbonyl (C=O) groups is 1. The van der Waals surface area contributed by atoms with Crippen molar-refractivity contribution in [3.63, 3.8) is 0 Å². The summed E-state index contributed by atoms with van der Waals surface area (Å²) in [5.41, 5.74) is 0.833. The molecule has 0 amide bonds. The molecule has 34 heavy (non-hydrogen) atoms. The van der Waals surface area contributed by atoms with Crippen molar-refractivity contribution in [3.8, 4) is 0 Å². The molecule has 13 atom stereocenters. The summed E-state index contributed by atoms with van der Waals surface area (Å²) in [6.45, 7) is 7.46. The summed E-state index contributed by atoms with van der Waals surface area (Å²) in [6, 6.07) is 0. The Bertz CT molecular complexity index is 774. The van der Waals surface area contributed by atoms with Crippen molar-refractivity contribution in [1.82, 2.24) is 0 Å². The Labute approximate surface area is 203 Å². The number of aliphatic hydroxyl groups is 3. The fourth-order valence-corrected chi connectivity index (χ4v) is 9.48. The molecule has 194 valence electrons. The molecule has 7 nitrogen and oxygen atoms in total. The molecule has 5 fully saturated rings. The fourth-order valence-electron chi connectivity index (χ4n) is 9.48. The number of aliphatic carboxylic acids is 1. The molecule has 1 heterocycles. The molecule has 0 aromatic rings. The molecule has 4 aliphatic carbocycles. The van der Waals surface area contributed by atoms with Crippen LogP contribution in [0.2, 0.25) is 0 Å². The van der Waals surface area contributed by atoms with Crippen LogP contribution < -0.4 is 0 Å². The van der Waals surface area contributed by atoms with Crippen LogP contribution in [0.25, 0.3) is 0 Å². The van der Waals surface area contributed by atoms with Crippen molar-refractivity contribution in [3.05, 3.63) is 0 Å². The number of carboxylic acids is 1. The van der Waals surface area contributed by atoms with E-state index >= 15 is 0 Å². The Morgan fingerprint density at radius 1 is 0.912 bits per heavy atom. The van der Waals surface area contributed by atoms with Gasteiger partial charge < -0.3 is 29.9 Å². The fraction of sp³-hybridized carbons (Fsp3) is 0.963. The first-order valence-electron chi connectivity index (χ1n) is 13.7. The maximum Gasteiger partial charge on any atom is 0.335 e. The third kappa shape index (κ3) is 3.76. The molecule has 0 radical (unpaired) electrons. The predicted molar refractivity (Wildman–Crippen MR) is 125 cm³/mol. The first kappa shape index (κ1) is 24.9. The number of fused-ring (bicyclic) bond motifs is 5. The standard InChI is InChI=1S/C27H44O7/c1-4-14-6-8-18-17-7-5-15-13-16(9-11-27(15,3)19(17)10-12-26(14,18)2)33-25-22(30)20(28)21(29)23(34-25)24(31)32/h14-23,25,28-30H,4-13H2,1-3H3,(H,31,32)/t14-,15?,16?,17-,18-,19-,20-,21-,22+,23-,25?,26+,27-/m0/s1. The highest BCUT2D eigenvalue weighted by Gasteiger charge is 2.60. The van der Waals surface area contributed by atoms with Gasteiger partial charge in [0.1, 0.15) is 18.3 Å².